The van der Waals surface area contributed by atoms with Gasteiger partial charge < -0.3 is 10.4 Å². The van der Waals surface area contributed by atoms with Crippen molar-refractivity contribution in [3.63, 3.8) is 0 Å². The zero-order chi connectivity index (χ0) is 17.5. The Labute approximate surface area is 139 Å². The number of aliphatic hydroxyl groups is 1. The van der Waals surface area contributed by atoms with Crippen molar-refractivity contribution in [1.82, 2.24) is 0 Å². The fourth-order valence-electron chi connectivity index (χ4n) is 2.50. The first-order valence-corrected chi connectivity index (χ1v) is 7.31. The molecule has 126 valence electrons. The van der Waals surface area contributed by atoms with Crippen LogP contribution in [0.25, 0.3) is 0 Å². The number of benzodiazepines with no additional fused rings is 1. The highest BCUT2D eigenvalue weighted by Crippen LogP contribution is 2.40. The second-order valence-corrected chi connectivity index (χ2v) is 5.55. The molecule has 2 aromatic rings. The van der Waals surface area contributed by atoms with Crippen molar-refractivity contribution in [1.29, 1.82) is 0 Å². The molecule has 0 saturated carbocycles. The Morgan fingerprint density at radius 2 is 1.88 bits per heavy atom. The van der Waals surface area contributed by atoms with Gasteiger partial charge >= 0.3 is 6.18 Å². The summed E-state index contributed by atoms with van der Waals surface area (Å²) in [4.78, 5) is 4.07. The number of rotatable bonds is 1. The van der Waals surface area contributed by atoms with Crippen molar-refractivity contribution in [2.45, 2.75) is 12.4 Å². The molecule has 3 nitrogen and oxygen atoms in total. The monoisotopic (exact) mass is 358 g/mol. The van der Waals surface area contributed by atoms with Crippen molar-refractivity contribution >= 4 is 23.0 Å². The molecule has 2 aromatic carbocycles. The second-order valence-electron chi connectivity index (χ2n) is 5.18. The van der Waals surface area contributed by atoms with E-state index >= 15 is 0 Å². The summed E-state index contributed by atoms with van der Waals surface area (Å²) in [6, 6.07) is 7.52. The summed E-state index contributed by atoms with van der Waals surface area (Å²) in [6.45, 7) is -0.157. The summed E-state index contributed by atoms with van der Waals surface area (Å²) in [6.07, 6.45) is -5.79. The molecule has 1 atom stereocenters. The summed E-state index contributed by atoms with van der Waals surface area (Å²) in [5, 5.41) is 11.8. The summed E-state index contributed by atoms with van der Waals surface area (Å²) < 4.78 is 53.5. The first kappa shape index (κ1) is 16.7. The van der Waals surface area contributed by atoms with E-state index in [2.05, 4.69) is 10.3 Å². The molecular formula is C16H11ClF4N2O. The average molecular weight is 359 g/mol. The van der Waals surface area contributed by atoms with Gasteiger partial charge in [-0.15, -0.1) is 0 Å². The summed E-state index contributed by atoms with van der Waals surface area (Å²) in [5.41, 5.74) is -1.02. The number of fused-ring (bicyclic) bond motifs is 1. The van der Waals surface area contributed by atoms with E-state index in [4.69, 9.17) is 11.6 Å². The topological polar surface area (TPSA) is 44.6 Å². The van der Waals surface area contributed by atoms with Gasteiger partial charge in [0.15, 0.2) is 0 Å². The second kappa shape index (κ2) is 6.07. The molecule has 0 saturated heterocycles. The Kier molecular flexibility index (Phi) is 4.23. The molecule has 0 radical (unpaired) electrons. The lowest BCUT2D eigenvalue weighted by molar-refractivity contribution is -0.137. The van der Waals surface area contributed by atoms with Crippen molar-refractivity contribution in [3.8, 4) is 0 Å². The maximum Gasteiger partial charge on any atom is 0.417 e. The standard InChI is InChI=1S/C16H11ClF4N2O/c17-14-9(16(19,20)21)5-6-11-13(14)15(22-7-12(24)23-11)8-3-1-2-4-10(8)18/h1-6,12,23-24H,7H2. The van der Waals surface area contributed by atoms with E-state index in [1.54, 1.807) is 0 Å². The largest absolute Gasteiger partial charge is 0.417 e. The van der Waals surface area contributed by atoms with Gasteiger partial charge in [-0.1, -0.05) is 23.7 Å². The summed E-state index contributed by atoms with van der Waals surface area (Å²) >= 11 is 5.98. The number of alkyl halides is 3. The van der Waals surface area contributed by atoms with Crippen LogP contribution in [0.4, 0.5) is 23.2 Å². The van der Waals surface area contributed by atoms with Gasteiger partial charge in [0.1, 0.15) is 12.0 Å². The minimum absolute atomic E-state index is 0.0101. The smallest absolute Gasteiger partial charge is 0.372 e. The first-order valence-electron chi connectivity index (χ1n) is 6.93. The van der Waals surface area contributed by atoms with Gasteiger partial charge in [-0.25, -0.2) is 4.39 Å². The van der Waals surface area contributed by atoms with Gasteiger partial charge in [-0.3, -0.25) is 4.99 Å². The van der Waals surface area contributed by atoms with Crippen LogP contribution in [0, 0.1) is 5.82 Å². The molecule has 2 N–H and O–H groups in total. The molecule has 1 heterocycles. The van der Waals surface area contributed by atoms with E-state index in [0.717, 1.165) is 12.1 Å². The summed E-state index contributed by atoms with van der Waals surface area (Å²) in [7, 11) is 0. The Morgan fingerprint density at radius 3 is 2.54 bits per heavy atom. The predicted octanol–water partition coefficient (Wildman–Crippen LogP) is 4.08. The number of anilines is 1. The Bertz CT molecular complexity index is 820. The quantitative estimate of drug-likeness (QED) is 0.754. The van der Waals surface area contributed by atoms with Gasteiger partial charge in [0.25, 0.3) is 0 Å². The van der Waals surface area contributed by atoms with Crippen LogP contribution >= 0.6 is 11.6 Å². The van der Waals surface area contributed by atoms with Crippen LogP contribution in [0.1, 0.15) is 16.7 Å². The molecule has 1 unspecified atom stereocenters. The molecule has 0 amide bonds. The Hall–Kier alpha value is -2.12. The molecule has 0 bridgehead atoms. The van der Waals surface area contributed by atoms with Crippen LogP contribution in [0.15, 0.2) is 41.4 Å². The third-order valence-electron chi connectivity index (χ3n) is 3.56. The van der Waals surface area contributed by atoms with Gasteiger partial charge in [-0.05, 0) is 24.3 Å². The minimum Gasteiger partial charge on any atom is -0.372 e. The molecule has 8 heteroatoms. The molecule has 0 fully saturated rings. The lowest BCUT2D eigenvalue weighted by atomic mass is 9.97. The lowest BCUT2D eigenvalue weighted by Gasteiger charge is -2.18. The number of aliphatic imine (C=N–C) groups is 1. The highest BCUT2D eigenvalue weighted by molar-refractivity contribution is 6.37. The normalized spacial score (nSPS) is 17.6. The highest BCUT2D eigenvalue weighted by Gasteiger charge is 2.36. The minimum atomic E-state index is -4.67. The predicted molar refractivity (Wildman–Crippen MR) is 83.0 cm³/mol. The molecule has 0 aromatic heterocycles. The van der Waals surface area contributed by atoms with E-state index in [9.17, 15) is 22.7 Å². The van der Waals surface area contributed by atoms with Gasteiger partial charge in [0, 0.05) is 16.8 Å². The molecular weight excluding hydrogens is 348 g/mol. The van der Waals surface area contributed by atoms with Crippen molar-refractivity contribution in [2.75, 3.05) is 11.9 Å². The van der Waals surface area contributed by atoms with Crippen LogP contribution in [0.2, 0.25) is 5.02 Å². The van der Waals surface area contributed by atoms with E-state index in [1.807, 2.05) is 0 Å². The number of nitrogens with one attached hydrogen (secondary N) is 1. The third kappa shape index (κ3) is 2.97. The van der Waals surface area contributed by atoms with E-state index in [1.165, 1.54) is 24.3 Å². The first-order chi connectivity index (χ1) is 11.3. The number of nitrogens with zero attached hydrogens (tertiary/aromatic N) is 1. The number of hydrogen-bond donors (Lipinski definition) is 2. The average Bonchev–Trinajstić information content (AvgIpc) is 2.66. The summed E-state index contributed by atoms with van der Waals surface area (Å²) in [5.74, 6) is -0.646. The maximum absolute atomic E-state index is 14.1. The number of benzene rings is 2. The van der Waals surface area contributed by atoms with E-state index < -0.39 is 28.8 Å². The van der Waals surface area contributed by atoms with Gasteiger partial charge in [0.2, 0.25) is 0 Å². The molecule has 0 spiro atoms. The Morgan fingerprint density at radius 1 is 1.17 bits per heavy atom. The molecule has 24 heavy (non-hydrogen) atoms. The fraction of sp³-hybridized carbons (Fsp3) is 0.188. The highest BCUT2D eigenvalue weighted by atomic mass is 35.5. The SMILES string of the molecule is OC1CN=C(c2ccccc2F)c2c(ccc(C(F)(F)F)c2Cl)N1. The van der Waals surface area contributed by atoms with Crippen molar-refractivity contribution < 1.29 is 22.7 Å². The lowest BCUT2D eigenvalue weighted by Crippen LogP contribution is -2.21. The zero-order valence-corrected chi connectivity index (χ0v) is 12.8. The molecule has 0 aliphatic carbocycles. The van der Waals surface area contributed by atoms with Crippen LogP contribution in [-0.2, 0) is 6.18 Å². The van der Waals surface area contributed by atoms with Crippen LogP contribution < -0.4 is 5.32 Å². The van der Waals surface area contributed by atoms with Crippen LogP contribution in [-0.4, -0.2) is 23.6 Å². The molecule has 1 aliphatic heterocycles. The number of hydrogen-bond acceptors (Lipinski definition) is 3. The zero-order valence-electron chi connectivity index (χ0n) is 12.0. The van der Waals surface area contributed by atoms with Gasteiger partial charge in [0.05, 0.1) is 22.8 Å². The van der Waals surface area contributed by atoms with Crippen molar-refractivity contribution in [2.24, 2.45) is 4.99 Å². The van der Waals surface area contributed by atoms with Crippen molar-refractivity contribution in [3.05, 3.63) is 63.9 Å². The van der Waals surface area contributed by atoms with Crippen LogP contribution in [0.3, 0.4) is 0 Å². The molecule has 3 rings (SSSR count). The third-order valence-corrected chi connectivity index (χ3v) is 3.95. The fourth-order valence-corrected chi connectivity index (χ4v) is 2.86. The van der Waals surface area contributed by atoms with Gasteiger partial charge in [-0.2, -0.15) is 13.2 Å². The maximum atomic E-state index is 14.1. The van der Waals surface area contributed by atoms with Crippen LogP contribution in [0.5, 0.6) is 0 Å². The molecule has 1 aliphatic rings. The number of aliphatic hydroxyl groups excluding tert-OH is 1. The Balaban J connectivity index is 2.29. The van der Waals surface area contributed by atoms with E-state index in [0.29, 0.717) is 0 Å². The van der Waals surface area contributed by atoms with E-state index in [-0.39, 0.29) is 29.1 Å². The number of halogens is 5.